The van der Waals surface area contributed by atoms with Crippen LogP contribution >= 0.6 is 15.9 Å². The second-order valence-corrected chi connectivity index (χ2v) is 5.58. The van der Waals surface area contributed by atoms with Crippen LogP contribution in [0.4, 0.5) is 5.69 Å². The van der Waals surface area contributed by atoms with Gasteiger partial charge in [-0.2, -0.15) is 0 Å². The lowest BCUT2D eigenvalue weighted by atomic mass is 10.1. The number of benzene rings is 1. The van der Waals surface area contributed by atoms with Crippen molar-refractivity contribution in [2.75, 3.05) is 18.0 Å². The molecule has 0 bridgehead atoms. The van der Waals surface area contributed by atoms with Crippen molar-refractivity contribution in [3.05, 3.63) is 28.2 Å². The summed E-state index contributed by atoms with van der Waals surface area (Å²) in [5.74, 6) is -0.910. The number of halogens is 1. The summed E-state index contributed by atoms with van der Waals surface area (Å²) in [4.78, 5) is 13.2. The molecule has 1 heterocycles. The van der Waals surface area contributed by atoms with E-state index in [1.807, 2.05) is 19.9 Å². The topological polar surface area (TPSA) is 49.8 Å². The second-order valence-electron chi connectivity index (χ2n) is 4.67. The zero-order chi connectivity index (χ0) is 13.3. The lowest BCUT2D eigenvalue weighted by Gasteiger charge is -2.37. The molecule has 0 spiro atoms. The molecule has 0 aliphatic carbocycles. The van der Waals surface area contributed by atoms with E-state index in [9.17, 15) is 4.79 Å². The summed E-state index contributed by atoms with van der Waals surface area (Å²) in [5.41, 5.74) is 1.22. The molecule has 0 saturated carbocycles. The van der Waals surface area contributed by atoms with Gasteiger partial charge in [-0.3, -0.25) is 0 Å². The van der Waals surface area contributed by atoms with E-state index in [0.717, 1.165) is 23.2 Å². The molecule has 18 heavy (non-hydrogen) atoms. The van der Waals surface area contributed by atoms with E-state index in [1.54, 1.807) is 12.1 Å². The van der Waals surface area contributed by atoms with Crippen molar-refractivity contribution in [2.45, 2.75) is 26.1 Å². The van der Waals surface area contributed by atoms with E-state index >= 15 is 0 Å². The standard InChI is InChI=1S/C13H16BrNO3/c1-8-6-15(7-9(2)18-8)12-4-10(13(16)17)3-11(14)5-12/h3-5,8-9H,6-7H2,1-2H3,(H,16,17)/t8-,9+. The van der Waals surface area contributed by atoms with Gasteiger partial charge in [-0.05, 0) is 32.0 Å². The molecule has 1 aromatic rings. The van der Waals surface area contributed by atoms with Crippen LogP contribution in [0.5, 0.6) is 0 Å². The minimum Gasteiger partial charge on any atom is -0.478 e. The van der Waals surface area contributed by atoms with E-state index in [2.05, 4.69) is 20.8 Å². The van der Waals surface area contributed by atoms with Crippen LogP contribution in [0.3, 0.4) is 0 Å². The van der Waals surface area contributed by atoms with Gasteiger partial charge < -0.3 is 14.7 Å². The number of anilines is 1. The Labute approximate surface area is 115 Å². The Balaban J connectivity index is 2.29. The number of hydrogen-bond acceptors (Lipinski definition) is 3. The molecule has 1 aromatic carbocycles. The van der Waals surface area contributed by atoms with Crippen LogP contribution in [0.25, 0.3) is 0 Å². The predicted octanol–water partition coefficient (Wildman–Crippen LogP) is 2.76. The Morgan fingerprint density at radius 2 is 1.94 bits per heavy atom. The summed E-state index contributed by atoms with van der Waals surface area (Å²) >= 11 is 3.36. The van der Waals surface area contributed by atoms with Gasteiger partial charge in [0.2, 0.25) is 0 Å². The van der Waals surface area contributed by atoms with Crippen molar-refractivity contribution in [3.8, 4) is 0 Å². The molecule has 4 nitrogen and oxygen atoms in total. The van der Waals surface area contributed by atoms with E-state index in [0.29, 0.717) is 5.56 Å². The maximum absolute atomic E-state index is 11.1. The Morgan fingerprint density at radius 1 is 1.33 bits per heavy atom. The maximum atomic E-state index is 11.1. The average molecular weight is 314 g/mol. The SMILES string of the molecule is C[C@@H]1CN(c2cc(Br)cc(C(=O)O)c2)C[C@H](C)O1. The molecule has 2 atom stereocenters. The van der Waals surface area contributed by atoms with Crippen LogP contribution in [0.1, 0.15) is 24.2 Å². The monoisotopic (exact) mass is 313 g/mol. The van der Waals surface area contributed by atoms with Gasteiger partial charge in [0.15, 0.2) is 0 Å². The molecule has 1 N–H and O–H groups in total. The number of morpholine rings is 1. The summed E-state index contributed by atoms with van der Waals surface area (Å²) in [6.45, 7) is 5.61. The van der Waals surface area contributed by atoms with Gasteiger partial charge in [0, 0.05) is 23.2 Å². The highest BCUT2D eigenvalue weighted by Crippen LogP contribution is 2.25. The minimum atomic E-state index is -0.910. The Morgan fingerprint density at radius 3 is 2.50 bits per heavy atom. The van der Waals surface area contributed by atoms with Gasteiger partial charge in [-0.1, -0.05) is 15.9 Å². The molecular formula is C13H16BrNO3. The van der Waals surface area contributed by atoms with E-state index < -0.39 is 5.97 Å². The van der Waals surface area contributed by atoms with Gasteiger partial charge in [0.1, 0.15) is 0 Å². The van der Waals surface area contributed by atoms with Crippen LogP contribution in [-0.4, -0.2) is 36.4 Å². The van der Waals surface area contributed by atoms with Gasteiger partial charge in [0.25, 0.3) is 0 Å². The quantitative estimate of drug-likeness (QED) is 0.912. The molecule has 5 heteroatoms. The molecule has 0 aromatic heterocycles. The number of nitrogens with zero attached hydrogens (tertiary/aromatic N) is 1. The Hall–Kier alpha value is -1.07. The zero-order valence-corrected chi connectivity index (χ0v) is 12.0. The van der Waals surface area contributed by atoms with Crippen LogP contribution < -0.4 is 4.90 Å². The first-order valence-corrected chi connectivity index (χ1v) is 6.69. The van der Waals surface area contributed by atoms with Crippen LogP contribution in [-0.2, 0) is 4.74 Å². The number of hydrogen-bond donors (Lipinski definition) is 1. The first kappa shape index (κ1) is 13.4. The molecule has 0 radical (unpaired) electrons. The minimum absolute atomic E-state index is 0.154. The van der Waals surface area contributed by atoms with Crippen molar-refractivity contribution in [2.24, 2.45) is 0 Å². The Kier molecular flexibility index (Phi) is 3.92. The Bertz CT molecular complexity index is 454. The summed E-state index contributed by atoms with van der Waals surface area (Å²) in [5, 5.41) is 9.07. The average Bonchev–Trinajstić information content (AvgIpc) is 2.26. The van der Waals surface area contributed by atoms with Gasteiger partial charge in [-0.25, -0.2) is 4.79 Å². The van der Waals surface area contributed by atoms with E-state index in [4.69, 9.17) is 9.84 Å². The predicted molar refractivity (Wildman–Crippen MR) is 73.3 cm³/mol. The fourth-order valence-corrected chi connectivity index (χ4v) is 2.75. The van der Waals surface area contributed by atoms with Gasteiger partial charge in [0.05, 0.1) is 17.8 Å². The fourth-order valence-electron chi connectivity index (χ4n) is 2.27. The molecule has 2 rings (SSSR count). The highest BCUT2D eigenvalue weighted by atomic mass is 79.9. The van der Waals surface area contributed by atoms with Crippen molar-refractivity contribution in [1.29, 1.82) is 0 Å². The van der Waals surface area contributed by atoms with Crippen molar-refractivity contribution >= 4 is 27.6 Å². The van der Waals surface area contributed by atoms with Crippen molar-refractivity contribution in [3.63, 3.8) is 0 Å². The molecular weight excluding hydrogens is 298 g/mol. The highest BCUT2D eigenvalue weighted by Gasteiger charge is 2.23. The largest absolute Gasteiger partial charge is 0.478 e. The lowest BCUT2D eigenvalue weighted by Crippen LogP contribution is -2.45. The smallest absolute Gasteiger partial charge is 0.335 e. The zero-order valence-electron chi connectivity index (χ0n) is 10.4. The first-order chi connectivity index (χ1) is 8.45. The summed E-state index contributed by atoms with van der Waals surface area (Å²) in [6, 6.07) is 5.26. The fraction of sp³-hybridized carbons (Fsp3) is 0.462. The molecule has 1 fully saturated rings. The third-order valence-electron chi connectivity index (χ3n) is 2.91. The number of carboxylic acids is 1. The summed E-state index contributed by atoms with van der Waals surface area (Å²) in [6.07, 6.45) is 0.307. The number of carboxylic acid groups (broad SMARTS) is 1. The van der Waals surface area contributed by atoms with E-state index in [1.165, 1.54) is 0 Å². The van der Waals surface area contributed by atoms with E-state index in [-0.39, 0.29) is 12.2 Å². The van der Waals surface area contributed by atoms with Crippen molar-refractivity contribution in [1.82, 2.24) is 0 Å². The third kappa shape index (κ3) is 3.03. The number of ether oxygens (including phenoxy) is 1. The number of aromatic carboxylic acids is 1. The summed E-state index contributed by atoms with van der Waals surface area (Å²) in [7, 11) is 0. The lowest BCUT2D eigenvalue weighted by molar-refractivity contribution is -0.00522. The normalized spacial score (nSPS) is 24.1. The molecule has 1 saturated heterocycles. The van der Waals surface area contributed by atoms with Gasteiger partial charge in [-0.15, -0.1) is 0 Å². The van der Waals surface area contributed by atoms with Crippen molar-refractivity contribution < 1.29 is 14.6 Å². The van der Waals surface area contributed by atoms with Crippen LogP contribution in [0.15, 0.2) is 22.7 Å². The molecule has 0 unspecified atom stereocenters. The second kappa shape index (κ2) is 5.28. The molecule has 1 aliphatic heterocycles. The molecule has 98 valence electrons. The number of carbonyl (C=O) groups is 1. The molecule has 1 aliphatic rings. The first-order valence-electron chi connectivity index (χ1n) is 5.90. The van der Waals surface area contributed by atoms with Gasteiger partial charge >= 0.3 is 5.97 Å². The maximum Gasteiger partial charge on any atom is 0.335 e. The molecule has 0 amide bonds. The highest BCUT2D eigenvalue weighted by molar-refractivity contribution is 9.10. The van der Waals surface area contributed by atoms with Crippen LogP contribution in [0.2, 0.25) is 0 Å². The summed E-state index contributed by atoms with van der Waals surface area (Å²) < 4.78 is 6.46. The van der Waals surface area contributed by atoms with Crippen LogP contribution in [0, 0.1) is 0 Å². The third-order valence-corrected chi connectivity index (χ3v) is 3.37. The number of rotatable bonds is 2.